The van der Waals surface area contributed by atoms with Gasteiger partial charge in [-0.3, -0.25) is 9.80 Å². The molecule has 0 amide bonds. The van der Waals surface area contributed by atoms with E-state index in [1.165, 1.54) is 12.8 Å². The van der Waals surface area contributed by atoms with Crippen LogP contribution >= 0.6 is 0 Å². The van der Waals surface area contributed by atoms with Gasteiger partial charge in [-0.1, -0.05) is 0 Å². The highest BCUT2D eigenvalue weighted by Crippen LogP contribution is 2.40. The molecule has 3 atom stereocenters. The second kappa shape index (κ2) is 5.45. The summed E-state index contributed by atoms with van der Waals surface area (Å²) in [7, 11) is 4.21. The van der Waals surface area contributed by atoms with Gasteiger partial charge in [-0.25, -0.2) is 0 Å². The van der Waals surface area contributed by atoms with E-state index in [9.17, 15) is 5.11 Å². The van der Waals surface area contributed by atoms with Crippen LogP contribution in [0.4, 0.5) is 0 Å². The largest absolute Gasteiger partial charge is 0.394 e. The summed E-state index contributed by atoms with van der Waals surface area (Å²) in [5, 5.41) is 13.2. The number of rotatable bonds is 5. The molecular weight excluding hydrogens is 226 g/mol. The summed E-state index contributed by atoms with van der Waals surface area (Å²) >= 11 is 0. The number of aliphatic hydroxyl groups excluding tert-OH is 1. The van der Waals surface area contributed by atoms with Crippen LogP contribution in [-0.2, 0) is 0 Å². The lowest BCUT2D eigenvalue weighted by atomic mass is 9.92. The third-order valence-electron chi connectivity index (χ3n) is 5.08. The summed E-state index contributed by atoms with van der Waals surface area (Å²) < 4.78 is 0. The predicted octanol–water partition coefficient (Wildman–Crippen LogP) is 0.371. The SMILES string of the molecule is CNC(CO)(CN1CC(C)N(C)C(C)C1)C1CC1. The van der Waals surface area contributed by atoms with Gasteiger partial charge in [0.05, 0.1) is 12.1 Å². The van der Waals surface area contributed by atoms with E-state index < -0.39 is 0 Å². The summed E-state index contributed by atoms with van der Waals surface area (Å²) in [6.45, 7) is 8.03. The van der Waals surface area contributed by atoms with Crippen LogP contribution in [0.3, 0.4) is 0 Å². The molecule has 1 heterocycles. The summed E-state index contributed by atoms with van der Waals surface area (Å²) in [6, 6.07) is 1.20. The Labute approximate surface area is 111 Å². The molecule has 3 unspecified atom stereocenters. The van der Waals surface area contributed by atoms with E-state index >= 15 is 0 Å². The molecule has 18 heavy (non-hydrogen) atoms. The second-order valence-corrected chi connectivity index (χ2v) is 6.40. The molecule has 1 aliphatic heterocycles. The molecule has 2 N–H and O–H groups in total. The minimum atomic E-state index is -0.0741. The van der Waals surface area contributed by atoms with Gasteiger partial charge in [-0.15, -0.1) is 0 Å². The first-order valence-electron chi connectivity index (χ1n) is 7.26. The zero-order valence-electron chi connectivity index (χ0n) is 12.3. The van der Waals surface area contributed by atoms with Crippen LogP contribution in [0.5, 0.6) is 0 Å². The molecular formula is C14H29N3O. The van der Waals surface area contributed by atoms with Gasteiger partial charge in [0, 0.05) is 31.7 Å². The van der Waals surface area contributed by atoms with Gasteiger partial charge < -0.3 is 10.4 Å². The molecule has 0 aromatic heterocycles. The van der Waals surface area contributed by atoms with Crippen LogP contribution in [0.1, 0.15) is 26.7 Å². The summed E-state index contributed by atoms with van der Waals surface area (Å²) in [4.78, 5) is 4.98. The molecule has 0 bridgehead atoms. The van der Waals surface area contributed by atoms with Gasteiger partial charge in [0.15, 0.2) is 0 Å². The van der Waals surface area contributed by atoms with Crippen LogP contribution < -0.4 is 5.32 Å². The predicted molar refractivity (Wildman–Crippen MR) is 74.7 cm³/mol. The van der Waals surface area contributed by atoms with Crippen LogP contribution in [0, 0.1) is 5.92 Å². The Balaban J connectivity index is 1.99. The molecule has 1 saturated heterocycles. The lowest BCUT2D eigenvalue weighted by Crippen LogP contribution is -2.62. The van der Waals surface area contributed by atoms with Crippen molar-refractivity contribution in [2.45, 2.75) is 44.3 Å². The van der Waals surface area contributed by atoms with Gasteiger partial charge in [0.2, 0.25) is 0 Å². The van der Waals surface area contributed by atoms with Crippen LogP contribution in [0.2, 0.25) is 0 Å². The van der Waals surface area contributed by atoms with E-state index in [0.29, 0.717) is 18.0 Å². The van der Waals surface area contributed by atoms with Gasteiger partial charge in [0.25, 0.3) is 0 Å². The minimum Gasteiger partial charge on any atom is -0.394 e. The maximum atomic E-state index is 9.80. The Bertz CT molecular complexity index is 264. The maximum absolute atomic E-state index is 9.80. The fourth-order valence-electron chi connectivity index (χ4n) is 3.35. The van der Waals surface area contributed by atoms with Crippen LogP contribution in [0.15, 0.2) is 0 Å². The fraction of sp³-hybridized carbons (Fsp3) is 1.00. The van der Waals surface area contributed by atoms with E-state index in [1.807, 2.05) is 7.05 Å². The Kier molecular flexibility index (Phi) is 4.32. The highest BCUT2D eigenvalue weighted by Gasteiger charge is 2.45. The van der Waals surface area contributed by atoms with E-state index in [4.69, 9.17) is 0 Å². The fourth-order valence-corrected chi connectivity index (χ4v) is 3.35. The standard InChI is InChI=1S/C14H29N3O/c1-11-7-17(8-12(2)16(11)4)9-14(10-18,15-3)13-5-6-13/h11-13,15,18H,5-10H2,1-4H3. The lowest BCUT2D eigenvalue weighted by molar-refractivity contribution is 0.0239. The first-order chi connectivity index (χ1) is 8.52. The van der Waals surface area contributed by atoms with E-state index in [2.05, 4.69) is 36.0 Å². The van der Waals surface area contributed by atoms with Crippen molar-refractivity contribution in [2.24, 2.45) is 5.92 Å². The zero-order chi connectivity index (χ0) is 13.3. The number of hydrogen-bond donors (Lipinski definition) is 2. The molecule has 0 aromatic carbocycles. The maximum Gasteiger partial charge on any atom is 0.0628 e. The van der Waals surface area contributed by atoms with Gasteiger partial charge >= 0.3 is 0 Å². The second-order valence-electron chi connectivity index (χ2n) is 6.40. The highest BCUT2D eigenvalue weighted by atomic mass is 16.3. The van der Waals surface area contributed by atoms with Crippen molar-refractivity contribution in [3.8, 4) is 0 Å². The van der Waals surface area contributed by atoms with Crippen molar-refractivity contribution in [2.75, 3.05) is 40.3 Å². The molecule has 0 radical (unpaired) electrons. The molecule has 106 valence electrons. The smallest absolute Gasteiger partial charge is 0.0628 e. The topological polar surface area (TPSA) is 38.7 Å². The third kappa shape index (κ3) is 2.72. The van der Waals surface area contributed by atoms with Crippen molar-refractivity contribution in [3.05, 3.63) is 0 Å². The summed E-state index contributed by atoms with van der Waals surface area (Å²) in [5.74, 6) is 0.665. The number of aliphatic hydroxyl groups is 1. The van der Waals surface area contributed by atoms with Crippen LogP contribution in [0.25, 0.3) is 0 Å². The molecule has 4 heteroatoms. The number of nitrogens with zero attached hydrogens (tertiary/aromatic N) is 2. The highest BCUT2D eigenvalue weighted by molar-refractivity contribution is 5.03. The molecule has 1 saturated carbocycles. The van der Waals surface area contributed by atoms with Crippen molar-refractivity contribution in [1.29, 1.82) is 0 Å². The van der Waals surface area contributed by atoms with Crippen molar-refractivity contribution < 1.29 is 5.11 Å². The quantitative estimate of drug-likeness (QED) is 0.744. The van der Waals surface area contributed by atoms with Crippen molar-refractivity contribution in [1.82, 2.24) is 15.1 Å². The number of likely N-dealkylation sites (N-methyl/N-ethyl adjacent to an activating group) is 2. The Morgan fingerprint density at radius 1 is 1.22 bits per heavy atom. The average molecular weight is 255 g/mol. The molecule has 4 nitrogen and oxygen atoms in total. The first-order valence-corrected chi connectivity index (χ1v) is 7.26. The first kappa shape index (κ1) is 14.3. The number of hydrogen-bond acceptors (Lipinski definition) is 4. The molecule has 2 fully saturated rings. The summed E-state index contributed by atoms with van der Waals surface area (Å²) in [6.07, 6.45) is 2.53. The molecule has 0 aromatic rings. The Morgan fingerprint density at radius 3 is 2.17 bits per heavy atom. The lowest BCUT2D eigenvalue weighted by Gasteiger charge is -2.46. The van der Waals surface area contributed by atoms with Gasteiger partial charge in [-0.2, -0.15) is 0 Å². The third-order valence-corrected chi connectivity index (χ3v) is 5.08. The molecule has 0 spiro atoms. The van der Waals surface area contributed by atoms with Gasteiger partial charge in [-0.05, 0) is 46.7 Å². The van der Waals surface area contributed by atoms with Gasteiger partial charge in [0.1, 0.15) is 0 Å². The number of nitrogens with one attached hydrogen (secondary N) is 1. The molecule has 1 aliphatic carbocycles. The minimum absolute atomic E-state index is 0.0741. The Hall–Kier alpha value is -0.160. The monoisotopic (exact) mass is 255 g/mol. The zero-order valence-corrected chi connectivity index (χ0v) is 12.3. The molecule has 2 rings (SSSR count). The van der Waals surface area contributed by atoms with Crippen molar-refractivity contribution >= 4 is 0 Å². The number of piperazine rings is 1. The van der Waals surface area contributed by atoms with E-state index in [1.54, 1.807) is 0 Å². The van der Waals surface area contributed by atoms with E-state index in [-0.39, 0.29) is 12.1 Å². The molecule has 2 aliphatic rings. The summed E-state index contributed by atoms with van der Waals surface area (Å²) in [5.41, 5.74) is -0.0741. The van der Waals surface area contributed by atoms with Crippen molar-refractivity contribution in [3.63, 3.8) is 0 Å². The normalized spacial score (nSPS) is 34.5. The average Bonchev–Trinajstić information content (AvgIpc) is 3.17. The van der Waals surface area contributed by atoms with E-state index in [0.717, 1.165) is 19.6 Å². The van der Waals surface area contributed by atoms with Crippen LogP contribution in [-0.4, -0.2) is 72.9 Å². The Morgan fingerprint density at radius 2 is 1.78 bits per heavy atom.